The molecule has 0 saturated carbocycles. The number of nitrogens with one attached hydrogen (secondary N) is 2. The van der Waals surface area contributed by atoms with Gasteiger partial charge in [0.25, 0.3) is 15.9 Å². The largest absolute Gasteiger partial charge is 0.375 e. The second-order valence-corrected chi connectivity index (χ2v) is 9.70. The van der Waals surface area contributed by atoms with Gasteiger partial charge in [-0.1, -0.05) is 46.3 Å². The van der Waals surface area contributed by atoms with Crippen molar-refractivity contribution in [3.63, 3.8) is 0 Å². The van der Waals surface area contributed by atoms with Crippen molar-refractivity contribution < 1.29 is 23.1 Å². The molecule has 3 aromatic rings. The van der Waals surface area contributed by atoms with Crippen LogP contribution in [0.3, 0.4) is 0 Å². The van der Waals surface area contributed by atoms with Crippen LogP contribution in [0.15, 0.2) is 82.2 Å². The van der Waals surface area contributed by atoms with E-state index in [1.807, 2.05) is 0 Å². The van der Waals surface area contributed by atoms with Crippen LogP contribution in [0.25, 0.3) is 0 Å². The number of ketones is 1. The fourth-order valence-electron chi connectivity index (χ4n) is 3.40. The predicted octanol–water partition coefficient (Wildman–Crippen LogP) is 3.66. The van der Waals surface area contributed by atoms with E-state index in [0.29, 0.717) is 15.7 Å². The highest BCUT2D eigenvalue weighted by molar-refractivity contribution is 9.10. The Labute approximate surface area is 187 Å². The van der Waals surface area contributed by atoms with Crippen molar-refractivity contribution in [1.29, 1.82) is 0 Å². The van der Waals surface area contributed by atoms with Gasteiger partial charge in [0, 0.05) is 27.0 Å². The van der Waals surface area contributed by atoms with Crippen LogP contribution in [-0.2, 0) is 20.4 Å². The highest BCUT2D eigenvalue weighted by Gasteiger charge is 2.46. The number of hydrogen-bond donors (Lipinski definition) is 3. The van der Waals surface area contributed by atoms with Gasteiger partial charge in [-0.15, -0.1) is 0 Å². The van der Waals surface area contributed by atoms with Crippen LogP contribution >= 0.6 is 15.9 Å². The summed E-state index contributed by atoms with van der Waals surface area (Å²) in [6.45, 7) is 0. The third kappa shape index (κ3) is 4.12. The normalized spacial score (nSPS) is 17.7. The number of benzene rings is 3. The summed E-state index contributed by atoms with van der Waals surface area (Å²) in [5, 5.41) is 13.6. The lowest BCUT2D eigenvalue weighted by Gasteiger charge is -2.20. The summed E-state index contributed by atoms with van der Waals surface area (Å²) in [5.74, 6) is -1.19. The van der Waals surface area contributed by atoms with Crippen LogP contribution in [0, 0.1) is 0 Å². The van der Waals surface area contributed by atoms with Gasteiger partial charge in [0.2, 0.25) is 0 Å². The van der Waals surface area contributed by atoms with E-state index >= 15 is 0 Å². The molecule has 0 fully saturated rings. The minimum atomic E-state index is -3.82. The number of sulfonamides is 1. The number of rotatable bonds is 6. The molecule has 4 rings (SSSR count). The van der Waals surface area contributed by atoms with E-state index in [1.54, 1.807) is 36.4 Å². The molecule has 3 N–H and O–H groups in total. The number of halogens is 1. The molecule has 7 nitrogen and oxygen atoms in total. The number of carbonyl (C=O) groups excluding carboxylic acids is 2. The minimum absolute atomic E-state index is 0.0888. The Balaban J connectivity index is 1.58. The lowest BCUT2D eigenvalue weighted by Crippen LogP contribution is -2.36. The molecule has 3 aromatic carbocycles. The Morgan fingerprint density at radius 1 is 1.03 bits per heavy atom. The first kappa shape index (κ1) is 21.2. The van der Waals surface area contributed by atoms with E-state index in [-0.39, 0.29) is 16.1 Å². The van der Waals surface area contributed by atoms with Crippen LogP contribution in [0.5, 0.6) is 0 Å². The first-order chi connectivity index (χ1) is 14.7. The van der Waals surface area contributed by atoms with E-state index in [4.69, 9.17) is 0 Å². The zero-order chi connectivity index (χ0) is 22.2. The molecule has 31 heavy (non-hydrogen) atoms. The molecule has 0 aromatic heterocycles. The third-order valence-electron chi connectivity index (χ3n) is 4.96. The SMILES string of the molecule is O=C(C[C@@]1(O)C(=O)Nc2ccc(Br)cc21)c1cccc(NS(=O)(=O)c2ccccc2)c1. The predicted molar refractivity (Wildman–Crippen MR) is 119 cm³/mol. The zero-order valence-corrected chi connectivity index (χ0v) is 18.4. The molecule has 1 amide bonds. The summed E-state index contributed by atoms with van der Waals surface area (Å²) in [7, 11) is -3.82. The van der Waals surface area contributed by atoms with Crippen LogP contribution in [0.1, 0.15) is 22.3 Å². The number of carbonyl (C=O) groups is 2. The molecule has 0 saturated heterocycles. The Morgan fingerprint density at radius 3 is 2.52 bits per heavy atom. The summed E-state index contributed by atoms with van der Waals surface area (Å²) in [6.07, 6.45) is -0.489. The highest BCUT2D eigenvalue weighted by atomic mass is 79.9. The molecule has 9 heteroatoms. The Kier molecular flexibility index (Phi) is 5.42. The molecule has 1 aliphatic heterocycles. The van der Waals surface area contributed by atoms with E-state index in [1.165, 1.54) is 36.4 Å². The van der Waals surface area contributed by atoms with Crippen molar-refractivity contribution in [2.24, 2.45) is 0 Å². The number of anilines is 2. The van der Waals surface area contributed by atoms with Gasteiger partial charge in [-0.05, 0) is 42.5 Å². The van der Waals surface area contributed by atoms with Crippen LogP contribution in [0.2, 0.25) is 0 Å². The zero-order valence-electron chi connectivity index (χ0n) is 16.0. The number of amides is 1. The summed E-state index contributed by atoms with van der Waals surface area (Å²) < 4.78 is 28.2. The van der Waals surface area contributed by atoms with Crippen LogP contribution in [0.4, 0.5) is 11.4 Å². The van der Waals surface area contributed by atoms with E-state index in [0.717, 1.165) is 0 Å². The summed E-state index contributed by atoms with van der Waals surface area (Å²) >= 11 is 3.30. The maximum atomic E-state index is 12.9. The van der Waals surface area contributed by atoms with Crippen molar-refractivity contribution in [2.75, 3.05) is 10.0 Å². The number of Topliss-reactive ketones (excluding diaryl/α,β-unsaturated/α-hetero) is 1. The second kappa shape index (κ2) is 7.92. The summed E-state index contributed by atoms with van der Waals surface area (Å²) in [4.78, 5) is 25.4. The van der Waals surface area contributed by atoms with E-state index < -0.39 is 33.7 Å². The smallest absolute Gasteiger partial charge is 0.261 e. The molecule has 1 aliphatic rings. The van der Waals surface area contributed by atoms with Crippen LogP contribution < -0.4 is 10.0 Å². The monoisotopic (exact) mass is 500 g/mol. The quantitative estimate of drug-likeness (QED) is 0.447. The fraction of sp³-hybridized carbons (Fsp3) is 0.0909. The fourth-order valence-corrected chi connectivity index (χ4v) is 4.83. The van der Waals surface area contributed by atoms with Crippen molar-refractivity contribution in [3.05, 3.63) is 88.4 Å². The Morgan fingerprint density at radius 2 is 1.77 bits per heavy atom. The van der Waals surface area contributed by atoms with Gasteiger partial charge in [-0.2, -0.15) is 0 Å². The maximum Gasteiger partial charge on any atom is 0.261 e. The molecule has 0 spiro atoms. The standard InChI is InChI=1S/C22H17BrN2O5S/c23-15-9-10-19-18(12-15)22(28,21(27)24-19)13-20(26)14-5-4-6-16(11-14)25-31(29,30)17-7-2-1-3-8-17/h1-12,25,28H,13H2,(H,24,27)/t22-/m0/s1. The molecule has 0 bridgehead atoms. The molecule has 0 radical (unpaired) electrons. The molecule has 1 heterocycles. The minimum Gasteiger partial charge on any atom is -0.375 e. The second-order valence-electron chi connectivity index (χ2n) is 7.10. The van der Waals surface area contributed by atoms with Gasteiger partial charge in [0.15, 0.2) is 11.4 Å². The lowest BCUT2D eigenvalue weighted by molar-refractivity contribution is -0.133. The molecule has 158 valence electrons. The van der Waals surface area contributed by atoms with Gasteiger partial charge in [0.1, 0.15) is 0 Å². The van der Waals surface area contributed by atoms with Gasteiger partial charge in [0.05, 0.1) is 11.3 Å². The molecular weight excluding hydrogens is 484 g/mol. The first-order valence-corrected chi connectivity index (χ1v) is 11.5. The van der Waals surface area contributed by atoms with Crippen LogP contribution in [-0.4, -0.2) is 25.2 Å². The molecular formula is C22H17BrN2O5S. The first-order valence-electron chi connectivity index (χ1n) is 9.24. The van der Waals surface area contributed by atoms with E-state index in [2.05, 4.69) is 26.0 Å². The average molecular weight is 501 g/mol. The van der Waals surface area contributed by atoms with Crippen molar-refractivity contribution in [2.45, 2.75) is 16.9 Å². The molecule has 0 aliphatic carbocycles. The average Bonchev–Trinajstić information content (AvgIpc) is 2.98. The van der Waals surface area contributed by atoms with Crippen molar-refractivity contribution >= 4 is 49.0 Å². The molecule has 0 unspecified atom stereocenters. The van der Waals surface area contributed by atoms with E-state index in [9.17, 15) is 23.1 Å². The number of hydrogen-bond acceptors (Lipinski definition) is 5. The molecule has 1 atom stereocenters. The van der Waals surface area contributed by atoms with Crippen molar-refractivity contribution in [1.82, 2.24) is 0 Å². The topological polar surface area (TPSA) is 113 Å². The Bertz CT molecular complexity index is 1290. The number of fused-ring (bicyclic) bond motifs is 1. The Hall–Kier alpha value is -3.01. The lowest BCUT2D eigenvalue weighted by atomic mass is 9.88. The summed E-state index contributed by atoms with van der Waals surface area (Å²) in [6, 6.07) is 18.7. The number of aliphatic hydroxyl groups is 1. The van der Waals surface area contributed by atoms with Crippen molar-refractivity contribution in [3.8, 4) is 0 Å². The summed E-state index contributed by atoms with van der Waals surface area (Å²) in [5.41, 5.74) is -0.914. The van der Waals surface area contributed by atoms with Gasteiger partial charge in [-0.25, -0.2) is 8.42 Å². The van der Waals surface area contributed by atoms with Gasteiger partial charge in [-0.3, -0.25) is 14.3 Å². The maximum absolute atomic E-state index is 12.9. The van der Waals surface area contributed by atoms with Gasteiger partial charge < -0.3 is 10.4 Å². The third-order valence-corrected chi connectivity index (χ3v) is 6.85. The highest BCUT2D eigenvalue weighted by Crippen LogP contribution is 2.40. The van der Waals surface area contributed by atoms with Gasteiger partial charge >= 0.3 is 0 Å².